The van der Waals surface area contributed by atoms with Gasteiger partial charge in [-0.15, -0.1) is 0 Å². The van der Waals surface area contributed by atoms with E-state index in [-0.39, 0.29) is 23.5 Å². The Morgan fingerprint density at radius 3 is 2.67 bits per heavy atom. The summed E-state index contributed by atoms with van der Waals surface area (Å²) in [7, 11) is -3.22. The third-order valence-electron chi connectivity index (χ3n) is 2.01. The van der Waals surface area contributed by atoms with Crippen molar-refractivity contribution in [2.75, 3.05) is 19.6 Å². The fourth-order valence-corrected chi connectivity index (χ4v) is 1.94. The fourth-order valence-electron chi connectivity index (χ4n) is 1.21. The predicted octanol–water partition coefficient (Wildman–Crippen LogP) is 1.58. The minimum atomic E-state index is -3.22. The Labute approximate surface area is 110 Å². The standard InChI is InChI=1S/C10H14ClN2O4P/c1-18(16,17)7-12-6-13(15)10(14)8-4-2-3-5-9(8)11/h2-5,12,15H,6-7H2,1H3,(H,16,17). The average Bonchev–Trinajstić information content (AvgIpc) is 2.27. The first-order valence-corrected chi connectivity index (χ1v) is 7.73. The molecule has 0 spiro atoms. The lowest BCUT2D eigenvalue weighted by atomic mass is 10.2. The average molecular weight is 293 g/mol. The Balaban J connectivity index is 2.57. The molecule has 0 radical (unpaired) electrons. The molecule has 0 saturated carbocycles. The van der Waals surface area contributed by atoms with E-state index in [1.54, 1.807) is 12.1 Å². The zero-order chi connectivity index (χ0) is 13.8. The summed E-state index contributed by atoms with van der Waals surface area (Å²) < 4.78 is 11.0. The van der Waals surface area contributed by atoms with Crippen molar-refractivity contribution in [1.82, 2.24) is 10.4 Å². The molecule has 1 rings (SSSR count). The van der Waals surface area contributed by atoms with E-state index in [0.29, 0.717) is 5.06 Å². The normalized spacial score (nSPS) is 14.0. The van der Waals surface area contributed by atoms with Crippen LogP contribution in [-0.2, 0) is 4.57 Å². The summed E-state index contributed by atoms with van der Waals surface area (Å²) in [5, 5.41) is 12.6. The second-order valence-corrected chi connectivity index (χ2v) is 6.63. The van der Waals surface area contributed by atoms with E-state index in [1.807, 2.05) is 0 Å². The number of hydrogen-bond acceptors (Lipinski definition) is 4. The maximum absolute atomic E-state index is 11.7. The van der Waals surface area contributed by atoms with Crippen LogP contribution in [0.1, 0.15) is 10.4 Å². The Kier molecular flexibility index (Phi) is 5.31. The molecule has 8 heteroatoms. The number of nitrogens with zero attached hydrogens (tertiary/aromatic N) is 1. The third-order valence-corrected chi connectivity index (χ3v) is 3.15. The van der Waals surface area contributed by atoms with Crippen LogP contribution in [0.3, 0.4) is 0 Å². The SMILES string of the molecule is CP(=O)(O)CNCN(O)C(=O)c1ccccc1Cl. The van der Waals surface area contributed by atoms with E-state index < -0.39 is 13.3 Å². The molecule has 0 aromatic heterocycles. The van der Waals surface area contributed by atoms with Gasteiger partial charge in [0, 0.05) is 6.66 Å². The maximum atomic E-state index is 11.7. The van der Waals surface area contributed by atoms with Crippen molar-refractivity contribution in [3.05, 3.63) is 34.9 Å². The number of benzene rings is 1. The van der Waals surface area contributed by atoms with Gasteiger partial charge in [-0.3, -0.25) is 19.9 Å². The number of carbonyl (C=O) groups is 1. The molecular formula is C10H14ClN2O4P. The summed E-state index contributed by atoms with van der Waals surface area (Å²) in [6.07, 6.45) is -0.195. The summed E-state index contributed by atoms with van der Waals surface area (Å²) in [6, 6.07) is 6.29. The predicted molar refractivity (Wildman–Crippen MR) is 68.0 cm³/mol. The van der Waals surface area contributed by atoms with Crippen molar-refractivity contribution < 1.29 is 19.5 Å². The topological polar surface area (TPSA) is 89.9 Å². The highest BCUT2D eigenvalue weighted by atomic mass is 35.5. The van der Waals surface area contributed by atoms with Crippen molar-refractivity contribution in [3.63, 3.8) is 0 Å². The molecule has 0 fully saturated rings. The Morgan fingerprint density at radius 1 is 1.50 bits per heavy atom. The molecule has 1 amide bonds. The highest BCUT2D eigenvalue weighted by Gasteiger charge is 2.17. The first-order valence-electron chi connectivity index (χ1n) is 5.06. The zero-order valence-electron chi connectivity index (χ0n) is 9.71. The summed E-state index contributed by atoms with van der Waals surface area (Å²) in [6.45, 7) is 0.917. The third kappa shape index (κ3) is 4.76. The summed E-state index contributed by atoms with van der Waals surface area (Å²) in [5.41, 5.74) is 0.159. The molecule has 6 nitrogen and oxygen atoms in total. The molecule has 0 aliphatic rings. The molecule has 0 aliphatic heterocycles. The van der Waals surface area contributed by atoms with E-state index in [9.17, 15) is 14.6 Å². The Bertz CT molecular complexity index is 477. The van der Waals surface area contributed by atoms with E-state index >= 15 is 0 Å². The molecule has 0 aliphatic carbocycles. The molecule has 1 aromatic rings. The van der Waals surface area contributed by atoms with Gasteiger partial charge >= 0.3 is 0 Å². The molecule has 1 atom stereocenters. The fraction of sp³-hybridized carbons (Fsp3) is 0.300. The number of carbonyl (C=O) groups excluding carboxylic acids is 1. The Morgan fingerprint density at radius 2 is 2.11 bits per heavy atom. The molecule has 0 heterocycles. The summed E-state index contributed by atoms with van der Waals surface area (Å²) in [5.74, 6) is -0.683. The number of halogens is 1. The lowest BCUT2D eigenvalue weighted by Crippen LogP contribution is -2.36. The van der Waals surface area contributed by atoms with Gasteiger partial charge in [-0.05, 0) is 12.1 Å². The lowest BCUT2D eigenvalue weighted by molar-refractivity contribution is -0.0622. The second kappa shape index (κ2) is 6.31. The first-order chi connectivity index (χ1) is 8.31. The minimum absolute atomic E-state index is 0.159. The van der Waals surface area contributed by atoms with Crippen LogP contribution in [0, 0.1) is 0 Å². The van der Waals surface area contributed by atoms with E-state index in [0.717, 1.165) is 0 Å². The number of nitrogens with one attached hydrogen (secondary N) is 1. The molecule has 3 N–H and O–H groups in total. The van der Waals surface area contributed by atoms with Gasteiger partial charge in [-0.1, -0.05) is 23.7 Å². The number of hydrogen-bond donors (Lipinski definition) is 3. The van der Waals surface area contributed by atoms with Crippen LogP contribution in [0.15, 0.2) is 24.3 Å². The lowest BCUT2D eigenvalue weighted by Gasteiger charge is -2.17. The number of rotatable bonds is 5. The molecular weight excluding hydrogens is 279 g/mol. The minimum Gasteiger partial charge on any atom is -0.344 e. The summed E-state index contributed by atoms with van der Waals surface area (Å²) in [4.78, 5) is 20.8. The van der Waals surface area contributed by atoms with Crippen molar-refractivity contribution in [3.8, 4) is 0 Å². The Hall–Kier alpha value is -0.910. The van der Waals surface area contributed by atoms with Gasteiger partial charge in [0.1, 0.15) is 0 Å². The van der Waals surface area contributed by atoms with Gasteiger partial charge in [0.15, 0.2) is 0 Å². The van der Waals surface area contributed by atoms with Crippen LogP contribution in [0.5, 0.6) is 0 Å². The molecule has 18 heavy (non-hydrogen) atoms. The van der Waals surface area contributed by atoms with Gasteiger partial charge in [0.2, 0.25) is 7.37 Å². The number of amides is 1. The smallest absolute Gasteiger partial charge is 0.279 e. The van der Waals surface area contributed by atoms with Crippen LogP contribution in [0.25, 0.3) is 0 Å². The van der Waals surface area contributed by atoms with Crippen LogP contribution in [-0.4, -0.2) is 40.7 Å². The van der Waals surface area contributed by atoms with E-state index in [4.69, 9.17) is 16.5 Å². The largest absolute Gasteiger partial charge is 0.344 e. The molecule has 1 aromatic carbocycles. The number of hydroxylamine groups is 2. The van der Waals surface area contributed by atoms with Crippen LogP contribution >= 0.6 is 19.0 Å². The van der Waals surface area contributed by atoms with Crippen molar-refractivity contribution in [2.24, 2.45) is 0 Å². The van der Waals surface area contributed by atoms with E-state index in [1.165, 1.54) is 18.8 Å². The zero-order valence-corrected chi connectivity index (χ0v) is 11.4. The van der Waals surface area contributed by atoms with Gasteiger partial charge in [0.25, 0.3) is 5.91 Å². The van der Waals surface area contributed by atoms with Crippen molar-refractivity contribution in [1.29, 1.82) is 0 Å². The molecule has 0 bridgehead atoms. The summed E-state index contributed by atoms with van der Waals surface area (Å²) >= 11 is 5.81. The van der Waals surface area contributed by atoms with Gasteiger partial charge in [-0.25, -0.2) is 5.06 Å². The molecule has 100 valence electrons. The van der Waals surface area contributed by atoms with Gasteiger partial charge < -0.3 is 4.89 Å². The molecule has 0 saturated heterocycles. The van der Waals surface area contributed by atoms with Crippen molar-refractivity contribution >= 4 is 24.9 Å². The monoisotopic (exact) mass is 292 g/mol. The maximum Gasteiger partial charge on any atom is 0.279 e. The van der Waals surface area contributed by atoms with Crippen LogP contribution < -0.4 is 5.32 Å². The van der Waals surface area contributed by atoms with Gasteiger partial charge in [0.05, 0.1) is 23.5 Å². The quantitative estimate of drug-likeness (QED) is 0.332. The first kappa shape index (κ1) is 15.1. The molecule has 1 unspecified atom stereocenters. The van der Waals surface area contributed by atoms with E-state index in [2.05, 4.69) is 5.32 Å². The van der Waals surface area contributed by atoms with Crippen molar-refractivity contribution in [2.45, 2.75) is 0 Å². The van der Waals surface area contributed by atoms with Crippen LogP contribution in [0.2, 0.25) is 5.02 Å². The van der Waals surface area contributed by atoms with Crippen LogP contribution in [0.4, 0.5) is 0 Å². The van der Waals surface area contributed by atoms with Gasteiger partial charge in [-0.2, -0.15) is 0 Å². The second-order valence-electron chi connectivity index (χ2n) is 3.80. The highest BCUT2D eigenvalue weighted by molar-refractivity contribution is 7.57. The highest BCUT2D eigenvalue weighted by Crippen LogP contribution is 2.32.